The second-order valence-corrected chi connectivity index (χ2v) is 5.59. The lowest BCUT2D eigenvalue weighted by atomic mass is 9.78. The van der Waals surface area contributed by atoms with E-state index in [1.165, 1.54) is 6.92 Å². The molecule has 3 aliphatic rings. The highest BCUT2D eigenvalue weighted by Gasteiger charge is 2.70. The Hall–Kier alpha value is -1.93. The van der Waals surface area contributed by atoms with Crippen LogP contribution in [0, 0.1) is 11.8 Å². The lowest BCUT2D eigenvalue weighted by Crippen LogP contribution is -2.46. The number of ether oxygens (including phenoxy) is 4. The van der Waals surface area contributed by atoms with Gasteiger partial charge in [-0.15, -0.1) is 0 Å². The Morgan fingerprint density at radius 1 is 1.23 bits per heavy atom. The molecule has 0 aromatic heterocycles. The lowest BCUT2D eigenvalue weighted by molar-refractivity contribution is -0.158. The molecule has 8 nitrogen and oxygen atoms in total. The summed E-state index contributed by atoms with van der Waals surface area (Å²) in [6.45, 7) is 4.67. The van der Waals surface area contributed by atoms with Gasteiger partial charge in [0.05, 0.1) is 0 Å². The maximum Gasteiger partial charge on any atom is 0.333 e. The average Bonchev–Trinajstić information content (AvgIpc) is 3.07. The number of aliphatic hydroxyl groups excluding tert-OH is 1. The minimum absolute atomic E-state index is 0.112. The number of rotatable bonds is 5. The number of carbonyl (C=O) groups excluding carboxylic acids is 3. The van der Waals surface area contributed by atoms with Crippen LogP contribution in [0.5, 0.6) is 0 Å². The zero-order valence-corrected chi connectivity index (χ0v) is 11.9. The molecule has 1 N–H and O–H groups in total. The summed E-state index contributed by atoms with van der Waals surface area (Å²) < 4.78 is 20.3. The van der Waals surface area contributed by atoms with Gasteiger partial charge in [-0.2, -0.15) is 0 Å². The van der Waals surface area contributed by atoms with Crippen LogP contribution in [0.1, 0.15) is 6.92 Å². The van der Waals surface area contributed by atoms with Gasteiger partial charge < -0.3 is 24.1 Å². The zero-order chi connectivity index (χ0) is 16.0. The van der Waals surface area contributed by atoms with Gasteiger partial charge in [0.15, 0.2) is 6.10 Å². The van der Waals surface area contributed by atoms with E-state index in [4.69, 9.17) is 18.9 Å². The standard InChI is InChI=1S/C14H16O8/c1-5(2)12(16)19-3-4-20-13(17)6-7-10-11(22-14(7)18)8(15)9(6)21-10/h6-11,15H,1,3-4H2,2H3. The summed E-state index contributed by atoms with van der Waals surface area (Å²) in [7, 11) is 0. The van der Waals surface area contributed by atoms with E-state index in [1.807, 2.05) is 0 Å². The number of hydrogen-bond donors (Lipinski definition) is 1. The highest BCUT2D eigenvalue weighted by molar-refractivity contribution is 5.87. The Morgan fingerprint density at radius 3 is 2.59 bits per heavy atom. The van der Waals surface area contributed by atoms with Gasteiger partial charge in [0.2, 0.25) is 0 Å². The SMILES string of the molecule is C=C(C)C(=O)OCCOC(=O)C1C2OC3C(OC(=O)C31)C2O. The molecule has 0 saturated carbocycles. The van der Waals surface area contributed by atoms with Crippen molar-refractivity contribution < 1.29 is 38.4 Å². The molecular weight excluding hydrogens is 296 g/mol. The van der Waals surface area contributed by atoms with Crippen LogP contribution in [0.15, 0.2) is 12.2 Å². The second kappa shape index (κ2) is 5.36. The summed E-state index contributed by atoms with van der Waals surface area (Å²) >= 11 is 0. The van der Waals surface area contributed by atoms with Crippen molar-refractivity contribution in [3.8, 4) is 0 Å². The normalized spacial score (nSPS) is 37.8. The Bertz CT molecular complexity index is 541. The van der Waals surface area contributed by atoms with Crippen molar-refractivity contribution in [1.29, 1.82) is 0 Å². The first-order chi connectivity index (χ1) is 10.4. The fourth-order valence-corrected chi connectivity index (χ4v) is 3.12. The third kappa shape index (κ3) is 2.19. The van der Waals surface area contributed by atoms with Gasteiger partial charge >= 0.3 is 17.9 Å². The predicted octanol–water partition coefficient (Wildman–Crippen LogP) is -1.05. The van der Waals surface area contributed by atoms with Crippen LogP contribution in [-0.2, 0) is 33.3 Å². The molecule has 3 heterocycles. The smallest absolute Gasteiger partial charge is 0.333 e. The molecule has 3 rings (SSSR count). The molecule has 3 fully saturated rings. The van der Waals surface area contributed by atoms with Crippen molar-refractivity contribution in [1.82, 2.24) is 0 Å². The monoisotopic (exact) mass is 312 g/mol. The summed E-state index contributed by atoms with van der Waals surface area (Å²) in [5.41, 5.74) is 0.246. The zero-order valence-electron chi connectivity index (χ0n) is 11.9. The van der Waals surface area contributed by atoms with Crippen LogP contribution in [0.3, 0.4) is 0 Å². The largest absolute Gasteiger partial charge is 0.462 e. The van der Waals surface area contributed by atoms with Crippen molar-refractivity contribution in [2.75, 3.05) is 13.2 Å². The molecule has 120 valence electrons. The molecule has 3 aliphatic heterocycles. The van der Waals surface area contributed by atoms with Crippen molar-refractivity contribution >= 4 is 17.9 Å². The van der Waals surface area contributed by atoms with Crippen LogP contribution in [-0.4, -0.2) is 60.6 Å². The molecule has 3 saturated heterocycles. The molecule has 0 amide bonds. The Labute approximate surface area is 126 Å². The van der Waals surface area contributed by atoms with E-state index in [0.717, 1.165) is 0 Å². The third-order valence-electron chi connectivity index (χ3n) is 4.11. The molecule has 2 bridgehead atoms. The summed E-state index contributed by atoms with van der Waals surface area (Å²) in [5, 5.41) is 9.96. The van der Waals surface area contributed by atoms with Crippen LogP contribution in [0.25, 0.3) is 0 Å². The average molecular weight is 312 g/mol. The molecule has 0 aromatic rings. The fourth-order valence-electron chi connectivity index (χ4n) is 3.12. The first kappa shape index (κ1) is 15.0. The van der Waals surface area contributed by atoms with Gasteiger partial charge in [0.1, 0.15) is 43.4 Å². The van der Waals surface area contributed by atoms with Gasteiger partial charge in [-0.3, -0.25) is 9.59 Å². The van der Waals surface area contributed by atoms with E-state index in [2.05, 4.69) is 6.58 Å². The number of carbonyl (C=O) groups is 3. The minimum atomic E-state index is -1.02. The second-order valence-electron chi connectivity index (χ2n) is 5.59. The molecule has 22 heavy (non-hydrogen) atoms. The lowest BCUT2D eigenvalue weighted by Gasteiger charge is -2.23. The van der Waals surface area contributed by atoms with E-state index in [-0.39, 0.29) is 18.8 Å². The van der Waals surface area contributed by atoms with Crippen LogP contribution in [0.4, 0.5) is 0 Å². The quantitative estimate of drug-likeness (QED) is 0.296. The number of hydrogen-bond acceptors (Lipinski definition) is 8. The van der Waals surface area contributed by atoms with Crippen molar-refractivity contribution in [3.63, 3.8) is 0 Å². The fraction of sp³-hybridized carbons (Fsp3) is 0.643. The van der Waals surface area contributed by atoms with Gasteiger partial charge in [0.25, 0.3) is 0 Å². The van der Waals surface area contributed by atoms with Crippen LogP contribution in [0.2, 0.25) is 0 Å². The summed E-state index contributed by atoms with van der Waals surface area (Å²) in [6.07, 6.45) is -3.10. The topological polar surface area (TPSA) is 108 Å². The number of aliphatic hydroxyl groups is 1. The highest BCUT2D eigenvalue weighted by Crippen LogP contribution is 2.50. The minimum Gasteiger partial charge on any atom is -0.462 e. The van der Waals surface area contributed by atoms with Crippen molar-refractivity contribution in [2.45, 2.75) is 31.3 Å². The van der Waals surface area contributed by atoms with E-state index in [9.17, 15) is 19.5 Å². The molecule has 0 spiro atoms. The van der Waals surface area contributed by atoms with Crippen LogP contribution >= 0.6 is 0 Å². The predicted molar refractivity (Wildman–Crippen MR) is 68.3 cm³/mol. The molecular formula is C14H16O8. The van der Waals surface area contributed by atoms with Gasteiger partial charge in [-0.25, -0.2) is 4.79 Å². The van der Waals surface area contributed by atoms with E-state index in [1.54, 1.807) is 0 Å². The summed E-state index contributed by atoms with van der Waals surface area (Å²) in [4.78, 5) is 35.0. The van der Waals surface area contributed by atoms with Gasteiger partial charge in [-0.05, 0) is 6.92 Å². The molecule has 6 unspecified atom stereocenters. The van der Waals surface area contributed by atoms with Crippen molar-refractivity contribution in [3.05, 3.63) is 12.2 Å². The molecule has 6 atom stereocenters. The molecule has 0 aliphatic carbocycles. The van der Waals surface area contributed by atoms with Gasteiger partial charge in [-0.1, -0.05) is 6.58 Å². The maximum atomic E-state index is 12.1. The van der Waals surface area contributed by atoms with Crippen molar-refractivity contribution in [2.24, 2.45) is 11.8 Å². The molecule has 0 aromatic carbocycles. The summed E-state index contributed by atoms with van der Waals surface area (Å²) in [5.74, 6) is -3.41. The Balaban J connectivity index is 1.54. The third-order valence-corrected chi connectivity index (χ3v) is 4.11. The summed E-state index contributed by atoms with van der Waals surface area (Å²) in [6, 6.07) is 0. The maximum absolute atomic E-state index is 12.1. The Kier molecular flexibility index (Phi) is 3.65. The number of fused-ring (bicyclic) bond motifs is 1. The first-order valence-corrected chi connectivity index (χ1v) is 6.95. The first-order valence-electron chi connectivity index (χ1n) is 6.95. The van der Waals surface area contributed by atoms with E-state index >= 15 is 0 Å². The van der Waals surface area contributed by atoms with Gasteiger partial charge in [0, 0.05) is 5.57 Å². The molecule has 8 heteroatoms. The Morgan fingerprint density at radius 2 is 1.91 bits per heavy atom. The highest BCUT2D eigenvalue weighted by atomic mass is 16.6. The number of esters is 3. The van der Waals surface area contributed by atoms with E-state index in [0.29, 0.717) is 0 Å². The van der Waals surface area contributed by atoms with Crippen LogP contribution < -0.4 is 0 Å². The van der Waals surface area contributed by atoms with E-state index < -0.39 is 54.2 Å². The molecule has 0 radical (unpaired) electrons.